The zero-order chi connectivity index (χ0) is 13.6. The number of nitrogens with zero attached hydrogens (tertiary/aromatic N) is 1. The molecule has 4 heteroatoms. The van der Waals surface area contributed by atoms with Gasteiger partial charge in [0.15, 0.2) is 0 Å². The van der Waals surface area contributed by atoms with Crippen molar-refractivity contribution in [1.82, 2.24) is 10.2 Å². The second kappa shape index (κ2) is 7.10. The van der Waals surface area contributed by atoms with Crippen molar-refractivity contribution in [3.05, 3.63) is 0 Å². The summed E-state index contributed by atoms with van der Waals surface area (Å²) in [6.45, 7) is 5.96. The number of nitrogens with one attached hydrogen (secondary N) is 1. The van der Waals surface area contributed by atoms with E-state index in [1.165, 1.54) is 25.7 Å². The lowest BCUT2D eigenvalue weighted by atomic mass is 10.0. The van der Waals surface area contributed by atoms with Crippen LogP contribution in [0.3, 0.4) is 0 Å². The summed E-state index contributed by atoms with van der Waals surface area (Å²) in [4.78, 5) is 14.2. The summed E-state index contributed by atoms with van der Waals surface area (Å²) in [6, 6.07) is 0. The van der Waals surface area contributed by atoms with Gasteiger partial charge in [0.2, 0.25) is 0 Å². The highest BCUT2D eigenvalue weighted by molar-refractivity contribution is 5.80. The van der Waals surface area contributed by atoms with Gasteiger partial charge in [-0.05, 0) is 46.7 Å². The van der Waals surface area contributed by atoms with Crippen molar-refractivity contribution in [1.29, 1.82) is 0 Å². The van der Waals surface area contributed by atoms with Gasteiger partial charge in [0.1, 0.15) is 5.54 Å². The molecule has 1 unspecified atom stereocenters. The van der Waals surface area contributed by atoms with E-state index in [1.807, 2.05) is 20.9 Å². The normalized spacial score (nSPS) is 20.1. The Kier molecular flexibility index (Phi) is 6.09. The summed E-state index contributed by atoms with van der Waals surface area (Å²) >= 11 is 0. The minimum atomic E-state index is -0.608. The molecule has 0 aromatic heterocycles. The number of carbonyl (C=O) groups is 1. The molecule has 1 aliphatic carbocycles. The Bertz CT molecular complexity index is 265. The van der Waals surface area contributed by atoms with Gasteiger partial charge < -0.3 is 15.0 Å². The highest BCUT2D eigenvalue weighted by Crippen LogP contribution is 2.25. The molecular weight excluding hydrogens is 228 g/mol. The second-order valence-corrected chi connectivity index (χ2v) is 5.65. The summed E-state index contributed by atoms with van der Waals surface area (Å²) in [5, 5.41) is 3.10. The lowest BCUT2D eigenvalue weighted by Gasteiger charge is -2.32. The van der Waals surface area contributed by atoms with Crippen LogP contribution in [-0.2, 0) is 9.53 Å². The summed E-state index contributed by atoms with van der Waals surface area (Å²) < 4.78 is 5.14. The molecule has 18 heavy (non-hydrogen) atoms. The maximum atomic E-state index is 12.0. The molecule has 1 fully saturated rings. The van der Waals surface area contributed by atoms with Crippen molar-refractivity contribution in [2.45, 2.75) is 45.1 Å². The van der Waals surface area contributed by atoms with Gasteiger partial charge in [-0.3, -0.25) is 4.79 Å². The van der Waals surface area contributed by atoms with E-state index >= 15 is 0 Å². The molecule has 0 aromatic carbocycles. The van der Waals surface area contributed by atoms with Crippen LogP contribution in [0.15, 0.2) is 0 Å². The molecule has 0 heterocycles. The Morgan fingerprint density at radius 3 is 2.56 bits per heavy atom. The van der Waals surface area contributed by atoms with Crippen LogP contribution in [-0.4, -0.2) is 50.2 Å². The monoisotopic (exact) mass is 256 g/mol. The number of carbonyl (C=O) groups excluding carboxylic acids is 1. The van der Waals surface area contributed by atoms with E-state index in [4.69, 9.17) is 4.74 Å². The number of ether oxygens (including phenoxy) is 1. The zero-order valence-electron chi connectivity index (χ0n) is 12.3. The standard InChI is InChI=1S/C14H28N2O2/c1-5-18-13(17)14(2,15-3)11-16(4)10-12-8-6-7-9-12/h12,15H,5-11H2,1-4H3. The molecule has 0 aromatic rings. The largest absolute Gasteiger partial charge is 0.465 e. The van der Waals surface area contributed by atoms with Gasteiger partial charge in [0.25, 0.3) is 0 Å². The molecule has 1 N–H and O–H groups in total. The molecule has 0 spiro atoms. The Balaban J connectivity index is 2.47. The summed E-state index contributed by atoms with van der Waals surface area (Å²) in [5.41, 5.74) is -0.608. The molecule has 1 aliphatic rings. The Morgan fingerprint density at radius 2 is 2.06 bits per heavy atom. The quantitative estimate of drug-likeness (QED) is 0.703. The van der Waals surface area contributed by atoms with Crippen molar-refractivity contribution >= 4 is 5.97 Å². The first-order valence-electron chi connectivity index (χ1n) is 7.06. The first-order chi connectivity index (χ1) is 8.51. The van der Waals surface area contributed by atoms with Crippen molar-refractivity contribution in [3.8, 4) is 0 Å². The maximum Gasteiger partial charge on any atom is 0.327 e. The van der Waals surface area contributed by atoms with E-state index < -0.39 is 5.54 Å². The van der Waals surface area contributed by atoms with Gasteiger partial charge >= 0.3 is 5.97 Å². The number of esters is 1. The van der Waals surface area contributed by atoms with Gasteiger partial charge in [-0.1, -0.05) is 12.8 Å². The number of hydrogen-bond acceptors (Lipinski definition) is 4. The highest BCUT2D eigenvalue weighted by Gasteiger charge is 2.34. The van der Waals surface area contributed by atoms with Crippen LogP contribution in [0.4, 0.5) is 0 Å². The van der Waals surface area contributed by atoms with Gasteiger partial charge in [0, 0.05) is 13.1 Å². The zero-order valence-corrected chi connectivity index (χ0v) is 12.3. The lowest BCUT2D eigenvalue weighted by Crippen LogP contribution is -2.56. The number of hydrogen-bond donors (Lipinski definition) is 1. The topological polar surface area (TPSA) is 41.6 Å². The van der Waals surface area contributed by atoms with Gasteiger partial charge in [-0.25, -0.2) is 0 Å². The average Bonchev–Trinajstić information content (AvgIpc) is 2.81. The Morgan fingerprint density at radius 1 is 1.44 bits per heavy atom. The molecule has 4 nitrogen and oxygen atoms in total. The summed E-state index contributed by atoms with van der Waals surface area (Å²) in [7, 11) is 3.91. The van der Waals surface area contributed by atoms with Crippen LogP contribution in [0.5, 0.6) is 0 Å². The number of likely N-dealkylation sites (N-methyl/N-ethyl adjacent to an activating group) is 2. The second-order valence-electron chi connectivity index (χ2n) is 5.65. The van der Waals surface area contributed by atoms with Gasteiger partial charge in [0.05, 0.1) is 6.61 Å². The van der Waals surface area contributed by atoms with E-state index in [9.17, 15) is 4.79 Å². The third-order valence-electron chi connectivity index (χ3n) is 3.91. The van der Waals surface area contributed by atoms with Crippen LogP contribution in [0.25, 0.3) is 0 Å². The van der Waals surface area contributed by atoms with E-state index in [-0.39, 0.29) is 5.97 Å². The minimum Gasteiger partial charge on any atom is -0.465 e. The fourth-order valence-corrected chi connectivity index (χ4v) is 2.77. The molecule has 1 atom stereocenters. The van der Waals surface area contributed by atoms with Crippen LogP contribution in [0.2, 0.25) is 0 Å². The lowest BCUT2D eigenvalue weighted by molar-refractivity contribution is -0.151. The Labute approximate surface area is 111 Å². The van der Waals surface area contributed by atoms with Crippen LogP contribution in [0.1, 0.15) is 39.5 Å². The predicted molar refractivity (Wildman–Crippen MR) is 73.6 cm³/mol. The highest BCUT2D eigenvalue weighted by atomic mass is 16.5. The van der Waals surface area contributed by atoms with Crippen molar-refractivity contribution in [2.24, 2.45) is 5.92 Å². The van der Waals surface area contributed by atoms with E-state index in [0.29, 0.717) is 13.2 Å². The van der Waals surface area contributed by atoms with Gasteiger partial charge in [-0.2, -0.15) is 0 Å². The SMILES string of the molecule is CCOC(=O)C(C)(CN(C)CC1CCCC1)NC. The molecule has 0 aliphatic heterocycles. The molecule has 1 saturated carbocycles. The average molecular weight is 256 g/mol. The molecule has 0 saturated heterocycles. The van der Waals surface area contributed by atoms with Crippen LogP contribution < -0.4 is 5.32 Å². The van der Waals surface area contributed by atoms with Crippen LogP contribution >= 0.6 is 0 Å². The van der Waals surface area contributed by atoms with Crippen molar-refractivity contribution in [3.63, 3.8) is 0 Å². The summed E-state index contributed by atoms with van der Waals surface area (Å²) in [5.74, 6) is 0.643. The van der Waals surface area contributed by atoms with Crippen molar-refractivity contribution in [2.75, 3.05) is 33.8 Å². The third-order valence-corrected chi connectivity index (χ3v) is 3.91. The van der Waals surface area contributed by atoms with Crippen molar-refractivity contribution < 1.29 is 9.53 Å². The summed E-state index contributed by atoms with van der Waals surface area (Å²) in [6.07, 6.45) is 5.39. The smallest absolute Gasteiger partial charge is 0.327 e. The Hall–Kier alpha value is -0.610. The van der Waals surface area contributed by atoms with Crippen LogP contribution in [0, 0.1) is 5.92 Å². The molecule has 0 bridgehead atoms. The fraction of sp³-hybridized carbons (Fsp3) is 0.929. The first kappa shape index (κ1) is 15.4. The fourth-order valence-electron chi connectivity index (χ4n) is 2.77. The maximum absolute atomic E-state index is 12.0. The first-order valence-corrected chi connectivity index (χ1v) is 7.06. The van der Waals surface area contributed by atoms with E-state index in [0.717, 1.165) is 12.5 Å². The molecular formula is C14H28N2O2. The minimum absolute atomic E-state index is 0.161. The molecule has 106 valence electrons. The molecule has 0 radical (unpaired) electrons. The molecule has 0 amide bonds. The number of rotatable bonds is 7. The third kappa shape index (κ3) is 4.25. The van der Waals surface area contributed by atoms with E-state index in [2.05, 4.69) is 17.3 Å². The van der Waals surface area contributed by atoms with E-state index in [1.54, 1.807) is 0 Å². The van der Waals surface area contributed by atoms with Gasteiger partial charge in [-0.15, -0.1) is 0 Å². The molecule has 1 rings (SSSR count). The predicted octanol–water partition coefficient (Wildman–Crippen LogP) is 1.65.